The van der Waals surface area contributed by atoms with Crippen LogP contribution in [0.4, 0.5) is 10.1 Å². The van der Waals surface area contributed by atoms with E-state index in [0.29, 0.717) is 5.69 Å². The standard InChI is InChI=1S/C15H14FN3O2/c16-13-7-6-11(9-12(13)15(17)19-21)18-14(20)8-10-4-2-1-3-5-10/h1-7,9,21H,8H2,(H2,17,19)(H,18,20). The van der Waals surface area contributed by atoms with Crippen molar-refractivity contribution in [2.75, 3.05) is 5.32 Å². The molecule has 2 rings (SSSR count). The fourth-order valence-electron chi connectivity index (χ4n) is 1.84. The number of amidine groups is 1. The second-order valence-electron chi connectivity index (χ2n) is 4.39. The molecule has 0 unspecified atom stereocenters. The SMILES string of the molecule is NC(=NO)c1cc(NC(=O)Cc2ccccc2)ccc1F. The van der Waals surface area contributed by atoms with Crippen molar-refractivity contribution in [2.45, 2.75) is 6.42 Å². The van der Waals surface area contributed by atoms with Crippen molar-refractivity contribution in [2.24, 2.45) is 10.9 Å². The van der Waals surface area contributed by atoms with Crippen molar-refractivity contribution in [3.8, 4) is 0 Å². The van der Waals surface area contributed by atoms with Crippen LogP contribution in [0, 0.1) is 5.82 Å². The molecule has 0 saturated heterocycles. The van der Waals surface area contributed by atoms with Gasteiger partial charge >= 0.3 is 0 Å². The van der Waals surface area contributed by atoms with E-state index in [9.17, 15) is 9.18 Å². The molecule has 0 aliphatic carbocycles. The van der Waals surface area contributed by atoms with Gasteiger partial charge in [-0.1, -0.05) is 35.5 Å². The summed E-state index contributed by atoms with van der Waals surface area (Å²) in [4.78, 5) is 11.9. The van der Waals surface area contributed by atoms with Crippen LogP contribution < -0.4 is 11.1 Å². The summed E-state index contributed by atoms with van der Waals surface area (Å²) in [6, 6.07) is 13.1. The summed E-state index contributed by atoms with van der Waals surface area (Å²) < 4.78 is 13.5. The molecule has 0 saturated carbocycles. The van der Waals surface area contributed by atoms with E-state index in [4.69, 9.17) is 10.9 Å². The number of nitrogens with zero attached hydrogens (tertiary/aromatic N) is 1. The maximum atomic E-state index is 13.5. The topological polar surface area (TPSA) is 87.7 Å². The number of rotatable bonds is 4. The zero-order valence-corrected chi connectivity index (χ0v) is 11.1. The zero-order valence-electron chi connectivity index (χ0n) is 11.1. The van der Waals surface area contributed by atoms with E-state index < -0.39 is 5.82 Å². The molecule has 0 aliphatic rings. The first-order valence-corrected chi connectivity index (χ1v) is 6.21. The van der Waals surface area contributed by atoms with Gasteiger partial charge in [-0.25, -0.2) is 4.39 Å². The van der Waals surface area contributed by atoms with Gasteiger partial charge < -0.3 is 16.3 Å². The van der Waals surface area contributed by atoms with Gasteiger partial charge in [-0.3, -0.25) is 4.79 Å². The first-order chi connectivity index (χ1) is 10.1. The molecule has 0 aromatic heterocycles. The average Bonchev–Trinajstić information content (AvgIpc) is 2.49. The van der Waals surface area contributed by atoms with Gasteiger partial charge in [0.15, 0.2) is 5.84 Å². The molecule has 1 amide bonds. The summed E-state index contributed by atoms with van der Waals surface area (Å²) >= 11 is 0. The molecule has 0 spiro atoms. The van der Waals surface area contributed by atoms with Crippen molar-refractivity contribution < 1.29 is 14.4 Å². The Morgan fingerprint density at radius 2 is 1.95 bits per heavy atom. The highest BCUT2D eigenvalue weighted by molar-refractivity contribution is 5.99. The Morgan fingerprint density at radius 1 is 1.24 bits per heavy atom. The molecule has 6 heteroatoms. The fraction of sp³-hybridized carbons (Fsp3) is 0.0667. The number of halogens is 1. The monoisotopic (exact) mass is 287 g/mol. The van der Waals surface area contributed by atoms with E-state index in [2.05, 4.69) is 10.5 Å². The minimum Gasteiger partial charge on any atom is -0.409 e. The van der Waals surface area contributed by atoms with Crippen molar-refractivity contribution >= 4 is 17.4 Å². The lowest BCUT2D eigenvalue weighted by molar-refractivity contribution is -0.115. The Kier molecular flexibility index (Phi) is 4.50. The molecule has 0 aliphatic heterocycles. The van der Waals surface area contributed by atoms with E-state index in [1.165, 1.54) is 12.1 Å². The van der Waals surface area contributed by atoms with Gasteiger partial charge in [0.05, 0.1) is 12.0 Å². The van der Waals surface area contributed by atoms with E-state index in [1.54, 1.807) is 0 Å². The Bertz CT molecular complexity index is 672. The highest BCUT2D eigenvalue weighted by atomic mass is 19.1. The number of oxime groups is 1. The van der Waals surface area contributed by atoms with Crippen LogP contribution in [0.3, 0.4) is 0 Å². The summed E-state index contributed by atoms with van der Waals surface area (Å²) in [5.41, 5.74) is 6.53. The number of amides is 1. The number of nitrogens with two attached hydrogens (primary N) is 1. The first kappa shape index (κ1) is 14.5. The number of nitrogens with one attached hydrogen (secondary N) is 1. The predicted molar refractivity (Wildman–Crippen MR) is 77.7 cm³/mol. The predicted octanol–water partition coefficient (Wildman–Crippen LogP) is 2.10. The van der Waals surface area contributed by atoms with E-state index in [-0.39, 0.29) is 23.7 Å². The summed E-state index contributed by atoms with van der Waals surface area (Å²) in [6.07, 6.45) is 0.205. The van der Waals surface area contributed by atoms with E-state index in [0.717, 1.165) is 11.6 Å². The number of hydrogen-bond acceptors (Lipinski definition) is 3. The third kappa shape index (κ3) is 3.79. The highest BCUT2D eigenvalue weighted by Gasteiger charge is 2.10. The van der Waals surface area contributed by atoms with Gasteiger partial charge in [0, 0.05) is 5.69 Å². The van der Waals surface area contributed by atoms with Crippen LogP contribution in [0.1, 0.15) is 11.1 Å². The zero-order chi connectivity index (χ0) is 15.2. The second kappa shape index (κ2) is 6.51. The molecular weight excluding hydrogens is 273 g/mol. The van der Waals surface area contributed by atoms with Crippen LogP contribution in [0.15, 0.2) is 53.7 Å². The van der Waals surface area contributed by atoms with Crippen LogP contribution in [-0.2, 0) is 11.2 Å². The Morgan fingerprint density at radius 3 is 2.62 bits per heavy atom. The maximum Gasteiger partial charge on any atom is 0.228 e. The molecule has 5 nitrogen and oxygen atoms in total. The summed E-state index contributed by atoms with van der Waals surface area (Å²) in [5.74, 6) is -1.23. The molecule has 0 atom stereocenters. The van der Waals surface area contributed by atoms with Gasteiger partial charge in [-0.05, 0) is 23.8 Å². The molecule has 2 aromatic rings. The van der Waals surface area contributed by atoms with Crippen LogP contribution in [0.5, 0.6) is 0 Å². The van der Waals surface area contributed by atoms with Crippen molar-refractivity contribution in [1.82, 2.24) is 0 Å². The number of benzene rings is 2. The number of carbonyl (C=O) groups is 1. The summed E-state index contributed by atoms with van der Waals surface area (Å²) in [7, 11) is 0. The lowest BCUT2D eigenvalue weighted by Gasteiger charge is -2.08. The molecule has 2 aromatic carbocycles. The maximum absolute atomic E-state index is 13.5. The van der Waals surface area contributed by atoms with Gasteiger partial charge in [-0.15, -0.1) is 0 Å². The lowest BCUT2D eigenvalue weighted by Crippen LogP contribution is -2.18. The molecule has 0 heterocycles. The quantitative estimate of drug-likeness (QED) is 0.348. The normalized spacial score (nSPS) is 11.2. The molecular formula is C15H14FN3O2. The van der Waals surface area contributed by atoms with Crippen molar-refractivity contribution in [3.63, 3.8) is 0 Å². The molecule has 108 valence electrons. The smallest absolute Gasteiger partial charge is 0.228 e. The Balaban J connectivity index is 2.11. The molecule has 0 fully saturated rings. The van der Waals surface area contributed by atoms with E-state index in [1.807, 2.05) is 30.3 Å². The minimum absolute atomic E-state index is 0.0741. The van der Waals surface area contributed by atoms with Gasteiger partial charge in [0.25, 0.3) is 0 Å². The van der Waals surface area contributed by atoms with Crippen molar-refractivity contribution in [1.29, 1.82) is 0 Å². The molecule has 0 bridgehead atoms. The molecule has 0 radical (unpaired) electrons. The minimum atomic E-state index is -0.633. The Hall–Kier alpha value is -2.89. The summed E-state index contributed by atoms with van der Waals surface area (Å²) in [5, 5.41) is 14.0. The first-order valence-electron chi connectivity index (χ1n) is 6.21. The molecule has 21 heavy (non-hydrogen) atoms. The second-order valence-corrected chi connectivity index (χ2v) is 4.39. The lowest BCUT2D eigenvalue weighted by atomic mass is 10.1. The number of carbonyl (C=O) groups excluding carboxylic acids is 1. The van der Waals surface area contributed by atoms with Crippen LogP contribution >= 0.6 is 0 Å². The Labute approximate surface area is 120 Å². The molecule has 4 N–H and O–H groups in total. The van der Waals surface area contributed by atoms with Gasteiger partial charge in [0.2, 0.25) is 5.91 Å². The van der Waals surface area contributed by atoms with Crippen LogP contribution in [0.2, 0.25) is 0 Å². The third-order valence-electron chi connectivity index (χ3n) is 2.84. The van der Waals surface area contributed by atoms with Crippen molar-refractivity contribution in [3.05, 3.63) is 65.5 Å². The van der Waals surface area contributed by atoms with Crippen LogP contribution in [-0.4, -0.2) is 17.0 Å². The fourth-order valence-corrected chi connectivity index (χ4v) is 1.84. The number of anilines is 1. The number of hydrogen-bond donors (Lipinski definition) is 3. The third-order valence-corrected chi connectivity index (χ3v) is 2.84. The highest BCUT2D eigenvalue weighted by Crippen LogP contribution is 2.15. The van der Waals surface area contributed by atoms with Crippen LogP contribution in [0.25, 0.3) is 0 Å². The summed E-state index contributed by atoms with van der Waals surface area (Å²) in [6.45, 7) is 0. The average molecular weight is 287 g/mol. The van der Waals surface area contributed by atoms with Gasteiger partial charge in [-0.2, -0.15) is 0 Å². The van der Waals surface area contributed by atoms with E-state index >= 15 is 0 Å². The largest absolute Gasteiger partial charge is 0.409 e. The van der Waals surface area contributed by atoms with Gasteiger partial charge in [0.1, 0.15) is 5.82 Å².